The molecular formula is C40H46N10O2. The van der Waals surface area contributed by atoms with Gasteiger partial charge in [0.2, 0.25) is 11.8 Å². The summed E-state index contributed by atoms with van der Waals surface area (Å²) < 4.78 is 2.08. The van der Waals surface area contributed by atoms with E-state index in [1.807, 2.05) is 82.7 Å². The van der Waals surface area contributed by atoms with Crippen molar-refractivity contribution in [2.45, 2.75) is 45.2 Å². The smallest absolute Gasteiger partial charge is 0.229 e. The van der Waals surface area contributed by atoms with Crippen molar-refractivity contribution in [3.05, 3.63) is 109 Å². The Kier molecular flexibility index (Phi) is 10.3. The van der Waals surface area contributed by atoms with Crippen LogP contribution in [0, 0.1) is 5.41 Å². The molecule has 2 amide bonds. The van der Waals surface area contributed by atoms with Crippen LogP contribution >= 0.6 is 0 Å². The Morgan fingerprint density at radius 2 is 1.40 bits per heavy atom. The van der Waals surface area contributed by atoms with Crippen LogP contribution in [0.5, 0.6) is 0 Å². The normalized spacial score (nSPS) is 18.5. The summed E-state index contributed by atoms with van der Waals surface area (Å²) in [6.07, 6.45) is 11.1. The first kappa shape index (κ1) is 34.8. The fourth-order valence-corrected chi connectivity index (χ4v) is 7.60. The monoisotopic (exact) mass is 698 g/mol. The molecule has 2 fully saturated rings. The third kappa shape index (κ3) is 7.97. The summed E-state index contributed by atoms with van der Waals surface area (Å²) in [4.78, 5) is 49.4. The Hall–Kier alpha value is -5.62. The molecule has 1 unspecified atom stereocenters. The average Bonchev–Trinajstić information content (AvgIpc) is 3.81. The maximum atomic E-state index is 12.9. The van der Waals surface area contributed by atoms with Crippen molar-refractivity contribution in [2.24, 2.45) is 5.41 Å². The standard InChI is InChI=1S/C21H27N5O.C19H19N5O/c1-25-10-3-7-21(14-25)8-11-26(15-21)20(27)12-19-17(22)5-6-18(24-19)16-4-2-9-23-13-16;20-16-6-7-17(14-4-2-1-3-5-14)22-18(16)10-19(25)23-8-9-24-13-21-11-15(24)12-23/h2,4-6,9,13H,3,7-8,10-12,14-15,22H2,1H3;1-7,11,13H,8-10,12,20H2. The van der Waals surface area contributed by atoms with Gasteiger partial charge in [-0.2, -0.15) is 0 Å². The second-order valence-electron chi connectivity index (χ2n) is 14.2. The number of hydrogen-bond acceptors (Lipinski definition) is 9. The Morgan fingerprint density at radius 3 is 2.10 bits per heavy atom. The molecule has 1 atom stereocenters. The predicted octanol–water partition coefficient (Wildman–Crippen LogP) is 4.32. The predicted molar refractivity (Wildman–Crippen MR) is 201 cm³/mol. The number of hydrogen-bond donors (Lipinski definition) is 2. The number of amides is 2. The number of rotatable bonds is 6. The van der Waals surface area contributed by atoms with Gasteiger partial charge in [0.25, 0.3) is 0 Å². The van der Waals surface area contributed by atoms with Crippen molar-refractivity contribution >= 4 is 23.2 Å². The molecule has 0 bridgehead atoms. The molecule has 5 aromatic rings. The summed E-state index contributed by atoms with van der Waals surface area (Å²) in [6.45, 7) is 5.99. The van der Waals surface area contributed by atoms with Gasteiger partial charge in [0.1, 0.15) is 0 Å². The number of nitrogens with two attached hydrogens (primary N) is 2. The topological polar surface area (TPSA) is 152 Å². The largest absolute Gasteiger partial charge is 0.397 e. The van der Waals surface area contributed by atoms with E-state index in [2.05, 4.69) is 36.5 Å². The molecule has 12 nitrogen and oxygen atoms in total. The summed E-state index contributed by atoms with van der Waals surface area (Å²) in [7, 11) is 2.18. The summed E-state index contributed by atoms with van der Waals surface area (Å²) in [5.41, 5.74) is 19.5. The van der Waals surface area contributed by atoms with Gasteiger partial charge in [0.05, 0.1) is 65.6 Å². The number of imidazole rings is 1. The van der Waals surface area contributed by atoms with Gasteiger partial charge in [-0.05, 0) is 69.3 Å². The number of piperidine rings is 1. The number of likely N-dealkylation sites (tertiary alicyclic amines) is 2. The molecule has 7 heterocycles. The molecule has 4 N–H and O–H groups in total. The van der Waals surface area contributed by atoms with E-state index in [0.29, 0.717) is 35.9 Å². The molecule has 4 aromatic heterocycles. The lowest BCUT2D eigenvalue weighted by molar-refractivity contribution is -0.132. The van der Waals surface area contributed by atoms with E-state index in [0.717, 1.165) is 67.4 Å². The Bertz CT molecular complexity index is 2020. The molecule has 0 saturated carbocycles. The molecule has 8 rings (SSSR count). The summed E-state index contributed by atoms with van der Waals surface area (Å²) in [5.74, 6) is 0.166. The average molecular weight is 699 g/mol. The van der Waals surface area contributed by atoms with E-state index < -0.39 is 0 Å². The minimum atomic E-state index is 0.0388. The van der Waals surface area contributed by atoms with E-state index in [4.69, 9.17) is 11.5 Å². The molecule has 0 radical (unpaired) electrons. The molecular weight excluding hydrogens is 653 g/mol. The fourth-order valence-electron chi connectivity index (χ4n) is 7.60. The highest BCUT2D eigenvalue weighted by Crippen LogP contribution is 2.38. The van der Waals surface area contributed by atoms with Crippen LogP contribution in [-0.2, 0) is 35.5 Å². The number of carbonyl (C=O) groups is 2. The third-order valence-corrected chi connectivity index (χ3v) is 10.4. The third-order valence-electron chi connectivity index (χ3n) is 10.4. The number of nitrogens with zero attached hydrogens (tertiary/aromatic N) is 8. The minimum Gasteiger partial charge on any atom is -0.397 e. The first-order valence-electron chi connectivity index (χ1n) is 17.9. The Morgan fingerprint density at radius 1 is 0.712 bits per heavy atom. The highest BCUT2D eigenvalue weighted by Gasteiger charge is 2.42. The van der Waals surface area contributed by atoms with Gasteiger partial charge in [-0.15, -0.1) is 0 Å². The van der Waals surface area contributed by atoms with Crippen molar-refractivity contribution in [1.82, 2.24) is 39.2 Å². The lowest BCUT2D eigenvalue weighted by Gasteiger charge is -2.38. The molecule has 3 aliphatic rings. The highest BCUT2D eigenvalue weighted by atomic mass is 16.2. The summed E-state index contributed by atoms with van der Waals surface area (Å²) in [5, 5.41) is 0. The second-order valence-corrected chi connectivity index (χ2v) is 14.2. The van der Waals surface area contributed by atoms with Gasteiger partial charge in [0.15, 0.2) is 0 Å². The number of aromatic nitrogens is 5. The van der Waals surface area contributed by atoms with Gasteiger partial charge in [-0.25, -0.2) is 4.98 Å². The van der Waals surface area contributed by atoms with Crippen molar-refractivity contribution in [1.29, 1.82) is 0 Å². The Labute approximate surface area is 304 Å². The lowest BCUT2D eigenvalue weighted by atomic mass is 9.79. The number of anilines is 2. The van der Waals surface area contributed by atoms with Crippen LogP contribution in [0.1, 0.15) is 36.3 Å². The molecule has 1 spiro atoms. The number of benzene rings is 1. The summed E-state index contributed by atoms with van der Waals surface area (Å²) in [6, 6.07) is 21.1. The van der Waals surface area contributed by atoms with Gasteiger partial charge < -0.3 is 30.7 Å². The van der Waals surface area contributed by atoms with E-state index in [1.165, 1.54) is 12.8 Å². The molecule has 3 aliphatic heterocycles. The zero-order valence-corrected chi connectivity index (χ0v) is 29.7. The molecule has 52 heavy (non-hydrogen) atoms. The van der Waals surface area contributed by atoms with Gasteiger partial charge in [0, 0.05) is 67.9 Å². The maximum absolute atomic E-state index is 12.9. The van der Waals surface area contributed by atoms with Crippen molar-refractivity contribution in [3.63, 3.8) is 0 Å². The van der Waals surface area contributed by atoms with Crippen LogP contribution in [-0.4, -0.2) is 90.8 Å². The van der Waals surface area contributed by atoms with E-state index in [-0.39, 0.29) is 30.1 Å². The first-order valence-corrected chi connectivity index (χ1v) is 17.9. The van der Waals surface area contributed by atoms with Crippen LogP contribution in [0.25, 0.3) is 22.5 Å². The van der Waals surface area contributed by atoms with Crippen LogP contribution in [0.3, 0.4) is 0 Å². The van der Waals surface area contributed by atoms with E-state index in [9.17, 15) is 9.59 Å². The number of pyridine rings is 3. The molecule has 12 heteroatoms. The maximum Gasteiger partial charge on any atom is 0.229 e. The highest BCUT2D eigenvalue weighted by molar-refractivity contribution is 5.81. The quantitative estimate of drug-likeness (QED) is 0.264. The van der Waals surface area contributed by atoms with Crippen molar-refractivity contribution in [2.75, 3.05) is 51.2 Å². The molecule has 1 aromatic carbocycles. The van der Waals surface area contributed by atoms with Gasteiger partial charge in [-0.3, -0.25) is 24.5 Å². The van der Waals surface area contributed by atoms with E-state index in [1.54, 1.807) is 18.7 Å². The second kappa shape index (κ2) is 15.3. The van der Waals surface area contributed by atoms with Gasteiger partial charge >= 0.3 is 0 Å². The SMILES string of the molecule is CN1CCCC2(CCN(C(=O)Cc3nc(-c4cccnc4)ccc3N)C2)C1.Nc1ccc(-c2ccccc2)nc1CC(=O)N1CCn2cncc2C1. The first-order chi connectivity index (χ1) is 25.2. The van der Waals surface area contributed by atoms with Crippen LogP contribution < -0.4 is 11.5 Å². The molecule has 0 aliphatic carbocycles. The molecule has 2 saturated heterocycles. The molecule has 268 valence electrons. The van der Waals surface area contributed by atoms with Crippen molar-refractivity contribution in [3.8, 4) is 22.5 Å². The van der Waals surface area contributed by atoms with Gasteiger partial charge in [-0.1, -0.05) is 30.3 Å². The van der Waals surface area contributed by atoms with Crippen LogP contribution in [0.2, 0.25) is 0 Å². The number of nitrogen functional groups attached to an aromatic ring is 2. The zero-order valence-electron chi connectivity index (χ0n) is 29.7. The number of fused-ring (bicyclic) bond motifs is 1. The van der Waals surface area contributed by atoms with Crippen molar-refractivity contribution < 1.29 is 9.59 Å². The van der Waals surface area contributed by atoms with Crippen LogP contribution in [0.4, 0.5) is 11.4 Å². The van der Waals surface area contributed by atoms with Crippen LogP contribution in [0.15, 0.2) is 91.6 Å². The lowest BCUT2D eigenvalue weighted by Crippen LogP contribution is -2.43. The minimum absolute atomic E-state index is 0.0388. The fraction of sp³-hybridized carbons (Fsp3) is 0.350. The Balaban J connectivity index is 0.000000162. The summed E-state index contributed by atoms with van der Waals surface area (Å²) >= 11 is 0. The number of carbonyl (C=O) groups excluding carboxylic acids is 2. The zero-order chi connectivity index (χ0) is 36.1. The van der Waals surface area contributed by atoms with E-state index >= 15 is 0 Å².